The zero-order chi connectivity index (χ0) is 19.6. The van der Waals surface area contributed by atoms with E-state index in [4.69, 9.17) is 4.74 Å². The Morgan fingerprint density at radius 1 is 1.15 bits per heavy atom. The van der Waals surface area contributed by atoms with Crippen molar-refractivity contribution in [3.05, 3.63) is 59.3 Å². The van der Waals surface area contributed by atoms with Gasteiger partial charge in [0.05, 0.1) is 5.56 Å². The van der Waals surface area contributed by atoms with Gasteiger partial charge in [-0.3, -0.25) is 0 Å². The number of nitrogens with zero attached hydrogens (tertiary/aromatic N) is 3. The number of amidine groups is 1. The molecule has 1 aliphatic heterocycles. The highest BCUT2D eigenvalue weighted by atomic mass is 32.2. The SMILES string of the molecule is CSc1ccc(Oc2nc(C)ccc2/C(=N/O)N2C(C)C=CC2C)cc1C. The largest absolute Gasteiger partial charge is 0.438 e. The summed E-state index contributed by atoms with van der Waals surface area (Å²) < 4.78 is 6.12. The Bertz CT molecular complexity index is 883. The first-order valence-corrected chi connectivity index (χ1v) is 10.2. The smallest absolute Gasteiger partial charge is 0.230 e. The van der Waals surface area contributed by atoms with Crippen molar-refractivity contribution < 1.29 is 9.94 Å². The van der Waals surface area contributed by atoms with Gasteiger partial charge in [0, 0.05) is 22.7 Å². The van der Waals surface area contributed by atoms with Gasteiger partial charge in [0.15, 0.2) is 5.84 Å². The minimum atomic E-state index is 0.128. The van der Waals surface area contributed by atoms with Gasteiger partial charge < -0.3 is 14.8 Å². The van der Waals surface area contributed by atoms with Gasteiger partial charge in [0.1, 0.15) is 5.75 Å². The number of aryl methyl sites for hydroxylation is 2. The summed E-state index contributed by atoms with van der Waals surface area (Å²) in [4.78, 5) is 7.82. The molecule has 142 valence electrons. The fourth-order valence-electron chi connectivity index (χ4n) is 3.32. The third kappa shape index (κ3) is 3.95. The van der Waals surface area contributed by atoms with Crippen LogP contribution in [0.3, 0.4) is 0 Å². The summed E-state index contributed by atoms with van der Waals surface area (Å²) in [7, 11) is 0. The fraction of sp³-hybridized carbons (Fsp3) is 0.333. The predicted octanol–water partition coefficient (Wildman–Crippen LogP) is 5.00. The zero-order valence-corrected chi connectivity index (χ0v) is 17.1. The van der Waals surface area contributed by atoms with Crippen molar-refractivity contribution >= 4 is 17.6 Å². The Hall–Kier alpha value is -2.47. The fourth-order valence-corrected chi connectivity index (χ4v) is 3.90. The van der Waals surface area contributed by atoms with Gasteiger partial charge in [-0.15, -0.1) is 11.8 Å². The van der Waals surface area contributed by atoms with Gasteiger partial charge in [0.25, 0.3) is 0 Å². The summed E-state index contributed by atoms with van der Waals surface area (Å²) in [6.07, 6.45) is 6.25. The number of pyridine rings is 1. The second-order valence-corrected chi connectivity index (χ2v) is 7.58. The van der Waals surface area contributed by atoms with E-state index >= 15 is 0 Å². The molecular formula is C21H25N3O2S. The number of hydrogen-bond donors (Lipinski definition) is 1. The van der Waals surface area contributed by atoms with Crippen LogP contribution in [0.1, 0.15) is 30.7 Å². The van der Waals surface area contributed by atoms with Crippen LogP contribution in [0.25, 0.3) is 0 Å². The van der Waals surface area contributed by atoms with Crippen LogP contribution in [0.15, 0.2) is 52.5 Å². The van der Waals surface area contributed by atoms with Crippen LogP contribution < -0.4 is 4.74 Å². The first-order valence-electron chi connectivity index (χ1n) is 8.93. The van der Waals surface area contributed by atoms with Gasteiger partial charge >= 0.3 is 0 Å². The van der Waals surface area contributed by atoms with E-state index in [1.807, 2.05) is 42.2 Å². The Labute approximate surface area is 164 Å². The molecule has 6 heteroatoms. The molecule has 2 unspecified atom stereocenters. The van der Waals surface area contributed by atoms with E-state index in [-0.39, 0.29) is 12.1 Å². The quantitative estimate of drug-likeness (QED) is 0.201. The molecule has 0 saturated carbocycles. The van der Waals surface area contributed by atoms with Gasteiger partial charge in [-0.1, -0.05) is 17.3 Å². The molecule has 5 nitrogen and oxygen atoms in total. The van der Waals surface area contributed by atoms with Crippen molar-refractivity contribution in [1.82, 2.24) is 9.88 Å². The minimum Gasteiger partial charge on any atom is -0.438 e. The van der Waals surface area contributed by atoms with Crippen LogP contribution in [0.5, 0.6) is 11.6 Å². The molecule has 0 amide bonds. The standard InChI is InChI=1S/C21H25N3O2S/c1-13-12-17(9-11-19(13)27-5)26-21-18(10-6-14(2)22-21)20(23-25)24-15(3)7-8-16(24)4/h6-12,15-16,25H,1-5H3/b23-20-. The summed E-state index contributed by atoms with van der Waals surface area (Å²) in [5.41, 5.74) is 2.65. The Kier molecular flexibility index (Phi) is 5.75. The van der Waals surface area contributed by atoms with E-state index in [0.29, 0.717) is 23.0 Å². The molecule has 0 radical (unpaired) electrons. The normalized spacial score (nSPS) is 19.6. The molecule has 2 atom stereocenters. The third-order valence-corrected chi connectivity index (χ3v) is 5.60. The number of thioether (sulfide) groups is 1. The van der Waals surface area contributed by atoms with E-state index in [0.717, 1.165) is 11.3 Å². The minimum absolute atomic E-state index is 0.128. The molecule has 0 spiro atoms. The molecule has 0 fully saturated rings. The van der Waals surface area contributed by atoms with Crippen molar-refractivity contribution in [3.8, 4) is 11.6 Å². The number of ether oxygens (including phenoxy) is 1. The van der Waals surface area contributed by atoms with Gasteiger partial charge in [-0.2, -0.15) is 0 Å². The summed E-state index contributed by atoms with van der Waals surface area (Å²) in [6.45, 7) is 8.11. The molecule has 2 heterocycles. The highest BCUT2D eigenvalue weighted by molar-refractivity contribution is 7.98. The second kappa shape index (κ2) is 8.05. The maximum absolute atomic E-state index is 9.78. The molecule has 1 aromatic carbocycles. The van der Waals surface area contributed by atoms with Gasteiger partial charge in [-0.25, -0.2) is 4.98 Å². The Morgan fingerprint density at radius 2 is 1.85 bits per heavy atom. The van der Waals surface area contributed by atoms with Crippen molar-refractivity contribution in [3.63, 3.8) is 0 Å². The number of benzene rings is 1. The molecule has 0 aliphatic carbocycles. The summed E-state index contributed by atoms with van der Waals surface area (Å²) in [5, 5.41) is 13.4. The monoisotopic (exact) mass is 383 g/mol. The topological polar surface area (TPSA) is 58.0 Å². The molecule has 1 aromatic heterocycles. The van der Waals surface area contributed by atoms with Crippen LogP contribution in [0.4, 0.5) is 0 Å². The molecule has 2 aromatic rings. The van der Waals surface area contributed by atoms with Crippen LogP contribution >= 0.6 is 11.8 Å². The van der Waals surface area contributed by atoms with Crippen LogP contribution in [0, 0.1) is 13.8 Å². The summed E-state index contributed by atoms with van der Waals surface area (Å²) in [6, 6.07) is 10.0. The first-order chi connectivity index (χ1) is 12.9. The van der Waals surface area contributed by atoms with Crippen molar-refractivity contribution in [1.29, 1.82) is 0 Å². The summed E-state index contributed by atoms with van der Waals surface area (Å²) in [5.74, 6) is 1.60. The molecule has 0 bridgehead atoms. The second-order valence-electron chi connectivity index (χ2n) is 6.74. The zero-order valence-electron chi connectivity index (χ0n) is 16.3. The Morgan fingerprint density at radius 3 is 2.44 bits per heavy atom. The van der Waals surface area contributed by atoms with E-state index in [1.165, 1.54) is 4.90 Å². The number of oxime groups is 1. The highest BCUT2D eigenvalue weighted by Crippen LogP contribution is 2.31. The lowest BCUT2D eigenvalue weighted by Gasteiger charge is -2.29. The number of rotatable bonds is 4. The molecule has 1 aliphatic rings. The first kappa shape index (κ1) is 19.3. The summed E-state index contributed by atoms with van der Waals surface area (Å²) >= 11 is 1.70. The van der Waals surface area contributed by atoms with Crippen LogP contribution in [-0.2, 0) is 0 Å². The van der Waals surface area contributed by atoms with Crippen LogP contribution in [-0.4, -0.2) is 39.3 Å². The van der Waals surface area contributed by atoms with Crippen molar-refractivity contribution in [2.45, 2.75) is 44.7 Å². The molecule has 0 saturated heterocycles. The number of aromatic nitrogens is 1. The van der Waals surface area contributed by atoms with Gasteiger partial charge in [-0.05, 0) is 69.8 Å². The van der Waals surface area contributed by atoms with E-state index in [2.05, 4.69) is 49.3 Å². The maximum atomic E-state index is 9.78. The third-order valence-electron chi connectivity index (χ3n) is 4.71. The van der Waals surface area contributed by atoms with Crippen molar-refractivity contribution in [2.24, 2.45) is 5.16 Å². The maximum Gasteiger partial charge on any atom is 0.230 e. The number of hydrogen-bond acceptors (Lipinski definition) is 5. The average Bonchev–Trinajstić information content (AvgIpc) is 2.97. The lowest BCUT2D eigenvalue weighted by molar-refractivity contribution is 0.288. The predicted molar refractivity (Wildman–Crippen MR) is 110 cm³/mol. The van der Waals surface area contributed by atoms with E-state index in [1.54, 1.807) is 11.8 Å². The average molecular weight is 384 g/mol. The molecule has 27 heavy (non-hydrogen) atoms. The van der Waals surface area contributed by atoms with Crippen LogP contribution in [0.2, 0.25) is 0 Å². The molecular weight excluding hydrogens is 358 g/mol. The van der Waals surface area contributed by atoms with E-state index < -0.39 is 0 Å². The van der Waals surface area contributed by atoms with Gasteiger partial charge in [0.2, 0.25) is 5.88 Å². The molecule has 3 rings (SSSR count). The lowest BCUT2D eigenvalue weighted by atomic mass is 10.1. The molecule has 1 N–H and O–H groups in total. The Balaban J connectivity index is 1.99. The highest BCUT2D eigenvalue weighted by Gasteiger charge is 2.29. The van der Waals surface area contributed by atoms with E-state index in [9.17, 15) is 5.21 Å². The lowest BCUT2D eigenvalue weighted by Crippen LogP contribution is -2.40. The van der Waals surface area contributed by atoms with Crippen molar-refractivity contribution in [2.75, 3.05) is 6.26 Å².